The van der Waals surface area contributed by atoms with E-state index in [0.29, 0.717) is 11.5 Å². The van der Waals surface area contributed by atoms with Crippen molar-refractivity contribution in [3.05, 3.63) is 41.2 Å². The normalized spacial score (nSPS) is 15.3. The number of methoxy groups -OCH3 is 1. The van der Waals surface area contributed by atoms with Gasteiger partial charge in [-0.3, -0.25) is 0 Å². The SMILES string of the molecule is COC(=O)C1=C(OS(=O)(=O)c2ccc(C)cc2)CSC1. The molecule has 0 radical (unpaired) electrons. The molecule has 1 aliphatic rings. The number of carbonyl (C=O) groups is 1. The number of benzene rings is 1. The van der Waals surface area contributed by atoms with Crippen LogP contribution in [-0.2, 0) is 23.8 Å². The van der Waals surface area contributed by atoms with E-state index in [2.05, 4.69) is 4.74 Å². The van der Waals surface area contributed by atoms with Crippen LogP contribution in [0.1, 0.15) is 5.56 Å². The van der Waals surface area contributed by atoms with Gasteiger partial charge in [0.1, 0.15) is 10.7 Å². The maximum Gasteiger partial charge on any atom is 0.338 e. The molecule has 0 unspecified atom stereocenters. The van der Waals surface area contributed by atoms with Gasteiger partial charge in [-0.05, 0) is 19.1 Å². The predicted octanol–water partition coefficient (Wildman–Crippen LogP) is 1.87. The van der Waals surface area contributed by atoms with Crippen LogP contribution in [0.5, 0.6) is 0 Å². The maximum atomic E-state index is 12.1. The minimum Gasteiger partial charge on any atom is -0.466 e. The van der Waals surface area contributed by atoms with Crippen molar-refractivity contribution < 1.29 is 22.1 Å². The summed E-state index contributed by atoms with van der Waals surface area (Å²) in [4.78, 5) is 11.6. The van der Waals surface area contributed by atoms with Crippen LogP contribution >= 0.6 is 11.8 Å². The lowest BCUT2D eigenvalue weighted by molar-refractivity contribution is -0.136. The highest BCUT2D eigenvalue weighted by molar-refractivity contribution is 8.00. The van der Waals surface area contributed by atoms with Crippen molar-refractivity contribution in [2.45, 2.75) is 11.8 Å². The molecule has 20 heavy (non-hydrogen) atoms. The lowest BCUT2D eigenvalue weighted by atomic mass is 10.2. The fraction of sp³-hybridized carbons (Fsp3) is 0.308. The summed E-state index contributed by atoms with van der Waals surface area (Å²) in [5, 5.41) is 0. The van der Waals surface area contributed by atoms with Crippen LogP contribution in [0.25, 0.3) is 0 Å². The molecule has 5 nitrogen and oxygen atoms in total. The molecule has 1 aromatic rings. The monoisotopic (exact) mass is 314 g/mol. The van der Waals surface area contributed by atoms with E-state index in [0.717, 1.165) is 5.56 Å². The second-order valence-electron chi connectivity index (χ2n) is 4.24. The van der Waals surface area contributed by atoms with Crippen LogP contribution in [0.3, 0.4) is 0 Å². The fourth-order valence-electron chi connectivity index (χ4n) is 1.67. The molecule has 2 rings (SSSR count). The molecule has 7 heteroatoms. The van der Waals surface area contributed by atoms with E-state index < -0.39 is 16.1 Å². The Kier molecular flexibility index (Phi) is 4.39. The average Bonchev–Trinajstić information content (AvgIpc) is 2.85. The van der Waals surface area contributed by atoms with Gasteiger partial charge in [-0.15, -0.1) is 11.8 Å². The zero-order valence-electron chi connectivity index (χ0n) is 11.1. The predicted molar refractivity (Wildman–Crippen MR) is 75.8 cm³/mol. The summed E-state index contributed by atoms with van der Waals surface area (Å²) in [5.74, 6) is 0.340. The molecule has 1 aliphatic heterocycles. The number of carbonyl (C=O) groups excluding carboxylic acids is 1. The first-order valence-electron chi connectivity index (χ1n) is 5.83. The van der Waals surface area contributed by atoms with Gasteiger partial charge in [0.05, 0.1) is 18.4 Å². The van der Waals surface area contributed by atoms with E-state index in [1.54, 1.807) is 12.1 Å². The van der Waals surface area contributed by atoms with Crippen LogP contribution in [0.2, 0.25) is 0 Å². The Morgan fingerprint density at radius 3 is 2.45 bits per heavy atom. The largest absolute Gasteiger partial charge is 0.466 e. The molecule has 0 bridgehead atoms. The molecule has 0 spiro atoms. The molecule has 0 atom stereocenters. The zero-order chi connectivity index (χ0) is 14.8. The van der Waals surface area contributed by atoms with Crippen LogP contribution in [-0.4, -0.2) is 33.0 Å². The molecule has 0 aliphatic carbocycles. The topological polar surface area (TPSA) is 69.7 Å². The summed E-state index contributed by atoms with van der Waals surface area (Å²) in [6.45, 7) is 1.86. The summed E-state index contributed by atoms with van der Waals surface area (Å²) >= 11 is 1.41. The molecule has 108 valence electrons. The van der Waals surface area contributed by atoms with Crippen molar-refractivity contribution in [3.8, 4) is 0 Å². The van der Waals surface area contributed by atoms with Gasteiger partial charge >= 0.3 is 16.1 Å². The molecular weight excluding hydrogens is 300 g/mol. The summed E-state index contributed by atoms with van der Waals surface area (Å²) < 4.78 is 34.0. The first-order valence-corrected chi connectivity index (χ1v) is 8.39. The van der Waals surface area contributed by atoms with Crippen molar-refractivity contribution in [1.29, 1.82) is 0 Å². The van der Waals surface area contributed by atoms with Crippen LogP contribution < -0.4 is 0 Å². The maximum absolute atomic E-state index is 12.1. The smallest absolute Gasteiger partial charge is 0.338 e. The van der Waals surface area contributed by atoms with Gasteiger partial charge < -0.3 is 8.92 Å². The quantitative estimate of drug-likeness (QED) is 0.624. The van der Waals surface area contributed by atoms with Crippen molar-refractivity contribution in [1.82, 2.24) is 0 Å². The standard InChI is InChI=1S/C13H14O5S2/c1-9-3-5-10(6-4-9)20(15,16)18-12-8-19-7-11(12)13(14)17-2/h3-6H,7-8H2,1-2H3. The first-order chi connectivity index (χ1) is 9.44. The van der Waals surface area contributed by atoms with Crippen molar-refractivity contribution >= 4 is 27.8 Å². The van der Waals surface area contributed by atoms with E-state index in [4.69, 9.17) is 4.18 Å². The second-order valence-corrected chi connectivity index (χ2v) is 6.77. The summed E-state index contributed by atoms with van der Waals surface area (Å²) in [7, 11) is -2.66. The Labute approximate surface area is 122 Å². The van der Waals surface area contributed by atoms with Crippen LogP contribution in [0, 0.1) is 6.92 Å². The lowest BCUT2D eigenvalue weighted by Gasteiger charge is -2.09. The Balaban J connectivity index is 2.28. The first kappa shape index (κ1) is 14.9. The highest BCUT2D eigenvalue weighted by Crippen LogP contribution is 2.29. The Morgan fingerprint density at radius 2 is 1.85 bits per heavy atom. The van der Waals surface area contributed by atoms with E-state index in [1.165, 1.54) is 31.0 Å². The van der Waals surface area contributed by atoms with Gasteiger partial charge in [-0.2, -0.15) is 8.42 Å². The zero-order valence-corrected chi connectivity index (χ0v) is 12.7. The number of rotatable bonds is 4. The molecule has 0 fully saturated rings. The molecule has 1 heterocycles. The number of thioether (sulfide) groups is 1. The van der Waals surface area contributed by atoms with Gasteiger partial charge in [0.25, 0.3) is 0 Å². The number of esters is 1. The number of hydrogen-bond acceptors (Lipinski definition) is 6. The molecule has 0 saturated carbocycles. The highest BCUT2D eigenvalue weighted by atomic mass is 32.2. The third-order valence-corrected chi connectivity index (χ3v) is 5.00. The Hall–Kier alpha value is -1.47. The lowest BCUT2D eigenvalue weighted by Crippen LogP contribution is -2.12. The van der Waals surface area contributed by atoms with Gasteiger partial charge in [0.15, 0.2) is 0 Å². The van der Waals surface area contributed by atoms with Gasteiger partial charge in [-0.1, -0.05) is 17.7 Å². The van der Waals surface area contributed by atoms with E-state index in [1.807, 2.05) is 6.92 Å². The molecule has 0 N–H and O–H groups in total. The number of hydrogen-bond donors (Lipinski definition) is 0. The van der Waals surface area contributed by atoms with Crippen molar-refractivity contribution in [3.63, 3.8) is 0 Å². The van der Waals surface area contributed by atoms with Gasteiger partial charge in [-0.25, -0.2) is 4.79 Å². The van der Waals surface area contributed by atoms with Crippen LogP contribution in [0.15, 0.2) is 40.5 Å². The Morgan fingerprint density at radius 1 is 1.20 bits per heavy atom. The van der Waals surface area contributed by atoms with Gasteiger partial charge in [0, 0.05) is 5.75 Å². The minimum atomic E-state index is -3.91. The number of ether oxygens (including phenoxy) is 1. The fourth-order valence-corrected chi connectivity index (χ4v) is 3.74. The van der Waals surface area contributed by atoms with Gasteiger partial charge in [0.2, 0.25) is 0 Å². The molecule has 0 aromatic heterocycles. The van der Waals surface area contributed by atoms with Crippen LogP contribution in [0.4, 0.5) is 0 Å². The molecule has 0 amide bonds. The molecule has 1 aromatic carbocycles. The van der Waals surface area contributed by atoms with E-state index in [9.17, 15) is 13.2 Å². The minimum absolute atomic E-state index is 0.0664. The van der Waals surface area contributed by atoms with E-state index in [-0.39, 0.29) is 16.2 Å². The van der Waals surface area contributed by atoms with Crippen molar-refractivity contribution in [2.75, 3.05) is 18.6 Å². The summed E-state index contributed by atoms with van der Waals surface area (Å²) in [6, 6.07) is 6.33. The van der Waals surface area contributed by atoms with E-state index >= 15 is 0 Å². The number of aryl methyl sites for hydroxylation is 1. The Bertz CT molecular complexity index is 644. The second kappa shape index (κ2) is 5.88. The third-order valence-electron chi connectivity index (χ3n) is 2.77. The molecule has 0 saturated heterocycles. The third kappa shape index (κ3) is 3.16. The van der Waals surface area contributed by atoms with Crippen molar-refractivity contribution in [2.24, 2.45) is 0 Å². The average molecular weight is 314 g/mol. The molecular formula is C13H14O5S2. The summed E-state index contributed by atoms with van der Waals surface area (Å²) in [6.07, 6.45) is 0. The highest BCUT2D eigenvalue weighted by Gasteiger charge is 2.28. The summed E-state index contributed by atoms with van der Waals surface area (Å²) in [5.41, 5.74) is 1.23.